The Kier molecular flexibility index (Phi) is 5.09. The molecule has 1 aromatic rings. The lowest BCUT2D eigenvalue weighted by atomic mass is 10.1. The summed E-state index contributed by atoms with van der Waals surface area (Å²) in [4.78, 5) is 16.1. The van der Waals surface area contributed by atoms with Gasteiger partial charge in [0.2, 0.25) is 5.91 Å². The highest BCUT2D eigenvalue weighted by Gasteiger charge is 2.20. The van der Waals surface area contributed by atoms with Crippen molar-refractivity contribution in [2.24, 2.45) is 0 Å². The summed E-state index contributed by atoms with van der Waals surface area (Å²) in [7, 11) is 1.92. The Morgan fingerprint density at radius 2 is 1.95 bits per heavy atom. The van der Waals surface area contributed by atoms with E-state index in [-0.39, 0.29) is 17.8 Å². The third-order valence-corrected chi connectivity index (χ3v) is 3.87. The standard InChI is InChI=1S/C15H22FN3O/c1-12(13-3-5-14(16)6-4-13)18(2)11-15(20)19-9-7-17-8-10-19/h3-6,12,17H,7-11H2,1-2H3. The van der Waals surface area contributed by atoms with Crippen LogP contribution in [0.3, 0.4) is 0 Å². The molecule has 5 heteroatoms. The van der Waals surface area contributed by atoms with Crippen molar-refractivity contribution in [3.63, 3.8) is 0 Å². The maximum atomic E-state index is 12.9. The SMILES string of the molecule is CC(c1ccc(F)cc1)N(C)CC(=O)N1CCNCC1. The van der Waals surface area contributed by atoms with Gasteiger partial charge in [-0.25, -0.2) is 4.39 Å². The summed E-state index contributed by atoms with van der Waals surface area (Å²) in [6, 6.07) is 6.54. The second-order valence-electron chi connectivity index (χ2n) is 5.27. The first-order chi connectivity index (χ1) is 9.58. The van der Waals surface area contributed by atoms with Crippen molar-refractivity contribution in [2.45, 2.75) is 13.0 Å². The predicted octanol–water partition coefficient (Wildman–Crippen LogP) is 1.25. The zero-order valence-corrected chi connectivity index (χ0v) is 12.1. The Morgan fingerprint density at radius 1 is 1.35 bits per heavy atom. The first-order valence-electron chi connectivity index (χ1n) is 7.02. The van der Waals surface area contributed by atoms with Gasteiger partial charge in [0.1, 0.15) is 5.82 Å². The van der Waals surface area contributed by atoms with Gasteiger partial charge in [0.15, 0.2) is 0 Å². The molecule has 1 unspecified atom stereocenters. The van der Waals surface area contributed by atoms with Gasteiger partial charge in [0, 0.05) is 32.2 Å². The molecule has 1 saturated heterocycles. The molecule has 1 amide bonds. The molecule has 1 aliphatic rings. The fourth-order valence-electron chi connectivity index (χ4n) is 2.36. The molecule has 20 heavy (non-hydrogen) atoms. The molecule has 1 fully saturated rings. The van der Waals surface area contributed by atoms with Crippen LogP contribution in [0.1, 0.15) is 18.5 Å². The highest BCUT2D eigenvalue weighted by atomic mass is 19.1. The van der Waals surface area contributed by atoms with Crippen molar-refractivity contribution in [2.75, 3.05) is 39.8 Å². The van der Waals surface area contributed by atoms with Gasteiger partial charge < -0.3 is 10.2 Å². The second kappa shape index (κ2) is 6.81. The normalized spacial score (nSPS) is 17.3. The number of hydrogen-bond acceptors (Lipinski definition) is 3. The van der Waals surface area contributed by atoms with Gasteiger partial charge in [-0.05, 0) is 31.7 Å². The van der Waals surface area contributed by atoms with Crippen molar-refractivity contribution in [1.29, 1.82) is 0 Å². The van der Waals surface area contributed by atoms with Crippen LogP contribution in [-0.2, 0) is 4.79 Å². The highest BCUT2D eigenvalue weighted by molar-refractivity contribution is 5.78. The van der Waals surface area contributed by atoms with Crippen LogP contribution in [0.15, 0.2) is 24.3 Å². The van der Waals surface area contributed by atoms with E-state index in [0.29, 0.717) is 6.54 Å². The Hall–Kier alpha value is -1.46. The Balaban J connectivity index is 1.91. The summed E-state index contributed by atoms with van der Waals surface area (Å²) >= 11 is 0. The fourth-order valence-corrected chi connectivity index (χ4v) is 2.36. The van der Waals surface area contributed by atoms with E-state index >= 15 is 0 Å². The lowest BCUT2D eigenvalue weighted by Crippen LogP contribution is -2.49. The quantitative estimate of drug-likeness (QED) is 0.901. The van der Waals surface area contributed by atoms with Crippen LogP contribution in [0.4, 0.5) is 4.39 Å². The topological polar surface area (TPSA) is 35.6 Å². The number of benzene rings is 1. The largest absolute Gasteiger partial charge is 0.339 e. The van der Waals surface area contributed by atoms with Crippen molar-refractivity contribution < 1.29 is 9.18 Å². The Bertz CT molecular complexity index is 443. The predicted molar refractivity (Wildman–Crippen MR) is 76.9 cm³/mol. The van der Waals surface area contributed by atoms with Crippen molar-refractivity contribution >= 4 is 5.91 Å². The Morgan fingerprint density at radius 3 is 2.55 bits per heavy atom. The van der Waals surface area contributed by atoms with Crippen LogP contribution in [0.2, 0.25) is 0 Å². The third kappa shape index (κ3) is 3.77. The maximum Gasteiger partial charge on any atom is 0.236 e. The van der Waals surface area contributed by atoms with Gasteiger partial charge in [-0.3, -0.25) is 9.69 Å². The number of hydrogen-bond donors (Lipinski definition) is 1. The average Bonchev–Trinajstić information content (AvgIpc) is 2.48. The lowest BCUT2D eigenvalue weighted by Gasteiger charge is -2.31. The van der Waals surface area contributed by atoms with Crippen LogP contribution in [0, 0.1) is 5.82 Å². The smallest absolute Gasteiger partial charge is 0.236 e. The van der Waals surface area contributed by atoms with E-state index in [1.807, 2.05) is 23.8 Å². The van der Waals surface area contributed by atoms with E-state index in [0.717, 1.165) is 31.7 Å². The number of likely N-dealkylation sites (N-methyl/N-ethyl adjacent to an activating group) is 1. The molecule has 4 nitrogen and oxygen atoms in total. The fraction of sp³-hybridized carbons (Fsp3) is 0.533. The van der Waals surface area contributed by atoms with Gasteiger partial charge in [0.25, 0.3) is 0 Å². The van der Waals surface area contributed by atoms with Crippen LogP contribution >= 0.6 is 0 Å². The number of nitrogens with zero attached hydrogens (tertiary/aromatic N) is 2. The summed E-state index contributed by atoms with van der Waals surface area (Å²) in [6.07, 6.45) is 0. The molecule has 1 aromatic carbocycles. The molecular weight excluding hydrogens is 257 g/mol. The van der Waals surface area contributed by atoms with E-state index in [9.17, 15) is 9.18 Å². The van der Waals surface area contributed by atoms with E-state index < -0.39 is 0 Å². The molecule has 0 aliphatic carbocycles. The minimum Gasteiger partial charge on any atom is -0.339 e. The molecule has 0 aromatic heterocycles. The number of halogens is 1. The maximum absolute atomic E-state index is 12.9. The van der Waals surface area contributed by atoms with Crippen LogP contribution in [0.5, 0.6) is 0 Å². The molecule has 0 bridgehead atoms. The van der Waals surface area contributed by atoms with Crippen LogP contribution in [0.25, 0.3) is 0 Å². The van der Waals surface area contributed by atoms with Crippen molar-refractivity contribution in [1.82, 2.24) is 15.1 Å². The molecular formula is C15H22FN3O. The summed E-state index contributed by atoms with van der Waals surface area (Å²) < 4.78 is 12.9. The molecule has 0 saturated carbocycles. The van der Waals surface area contributed by atoms with Gasteiger partial charge >= 0.3 is 0 Å². The molecule has 0 spiro atoms. The number of nitrogens with one attached hydrogen (secondary N) is 1. The molecule has 110 valence electrons. The summed E-state index contributed by atoms with van der Waals surface area (Å²) in [5, 5.41) is 3.23. The molecule has 2 rings (SSSR count). The third-order valence-electron chi connectivity index (χ3n) is 3.87. The zero-order valence-electron chi connectivity index (χ0n) is 12.1. The molecule has 1 atom stereocenters. The summed E-state index contributed by atoms with van der Waals surface area (Å²) in [5.74, 6) is -0.0801. The monoisotopic (exact) mass is 279 g/mol. The Labute approximate surface area is 119 Å². The summed E-state index contributed by atoms with van der Waals surface area (Å²) in [6.45, 7) is 5.69. The zero-order chi connectivity index (χ0) is 14.5. The van der Waals surface area contributed by atoms with Crippen molar-refractivity contribution in [3.05, 3.63) is 35.6 Å². The van der Waals surface area contributed by atoms with Gasteiger partial charge in [-0.1, -0.05) is 12.1 Å². The number of carbonyl (C=O) groups is 1. The van der Waals surface area contributed by atoms with Crippen molar-refractivity contribution in [3.8, 4) is 0 Å². The average molecular weight is 279 g/mol. The van der Waals surface area contributed by atoms with E-state index in [4.69, 9.17) is 0 Å². The lowest BCUT2D eigenvalue weighted by molar-refractivity contribution is -0.133. The first kappa shape index (κ1) is 14.9. The van der Waals surface area contributed by atoms with Gasteiger partial charge in [-0.15, -0.1) is 0 Å². The molecule has 1 aliphatic heterocycles. The van der Waals surface area contributed by atoms with E-state index in [1.54, 1.807) is 12.1 Å². The molecule has 1 N–H and O–H groups in total. The minimum atomic E-state index is -0.236. The number of carbonyl (C=O) groups excluding carboxylic acids is 1. The first-order valence-corrected chi connectivity index (χ1v) is 7.02. The second-order valence-corrected chi connectivity index (χ2v) is 5.27. The summed E-state index contributed by atoms with van der Waals surface area (Å²) in [5.41, 5.74) is 1.02. The minimum absolute atomic E-state index is 0.0856. The number of rotatable bonds is 4. The number of piperazine rings is 1. The van der Waals surface area contributed by atoms with E-state index in [1.165, 1.54) is 12.1 Å². The van der Waals surface area contributed by atoms with Crippen LogP contribution in [-0.4, -0.2) is 55.5 Å². The van der Waals surface area contributed by atoms with E-state index in [2.05, 4.69) is 5.32 Å². The number of amides is 1. The van der Waals surface area contributed by atoms with Crippen LogP contribution < -0.4 is 5.32 Å². The highest BCUT2D eigenvalue weighted by Crippen LogP contribution is 2.18. The molecule has 1 heterocycles. The van der Waals surface area contributed by atoms with Gasteiger partial charge in [0.05, 0.1) is 6.54 Å². The van der Waals surface area contributed by atoms with Gasteiger partial charge in [-0.2, -0.15) is 0 Å². The molecule has 0 radical (unpaired) electrons.